The summed E-state index contributed by atoms with van der Waals surface area (Å²) in [5, 5.41) is 3.34. The third-order valence-electron chi connectivity index (χ3n) is 2.89. The minimum atomic E-state index is 0.997. The molecule has 1 fully saturated rings. The molecule has 4 heteroatoms. The fourth-order valence-electron chi connectivity index (χ4n) is 1.94. The lowest BCUT2D eigenvalue weighted by molar-refractivity contribution is 0.294. The van der Waals surface area contributed by atoms with Gasteiger partial charge in [-0.2, -0.15) is 11.8 Å². The average Bonchev–Trinajstić information content (AvgIpc) is 2.38. The molecule has 0 saturated carbocycles. The van der Waals surface area contributed by atoms with Gasteiger partial charge in [0.2, 0.25) is 0 Å². The van der Waals surface area contributed by atoms with Crippen LogP contribution >= 0.6 is 11.8 Å². The molecule has 0 spiro atoms. The van der Waals surface area contributed by atoms with Crippen LogP contribution in [0.5, 0.6) is 0 Å². The number of hydrogen-bond donors (Lipinski definition) is 1. The van der Waals surface area contributed by atoms with Gasteiger partial charge in [0.1, 0.15) is 5.82 Å². The first-order chi connectivity index (χ1) is 8.38. The molecule has 0 bridgehead atoms. The maximum absolute atomic E-state index is 4.34. The van der Waals surface area contributed by atoms with E-state index in [1.807, 2.05) is 6.20 Å². The van der Waals surface area contributed by atoms with Crippen LogP contribution in [0.15, 0.2) is 18.3 Å². The predicted molar refractivity (Wildman–Crippen MR) is 75.6 cm³/mol. The number of anilines is 1. The zero-order valence-corrected chi connectivity index (χ0v) is 11.3. The number of aromatic nitrogens is 1. The average molecular weight is 251 g/mol. The Labute approximate surface area is 108 Å². The molecular formula is C13H21N3S. The second kappa shape index (κ2) is 6.87. The van der Waals surface area contributed by atoms with Gasteiger partial charge in [-0.1, -0.05) is 6.92 Å². The van der Waals surface area contributed by atoms with Crippen molar-refractivity contribution in [1.29, 1.82) is 0 Å². The van der Waals surface area contributed by atoms with Crippen LogP contribution < -0.4 is 5.32 Å². The van der Waals surface area contributed by atoms with Gasteiger partial charge in [-0.25, -0.2) is 4.98 Å². The van der Waals surface area contributed by atoms with E-state index in [1.54, 1.807) is 0 Å². The molecule has 0 amide bonds. The van der Waals surface area contributed by atoms with Crippen LogP contribution in [0.4, 0.5) is 5.82 Å². The van der Waals surface area contributed by atoms with Gasteiger partial charge in [0, 0.05) is 43.9 Å². The van der Waals surface area contributed by atoms with Crippen molar-refractivity contribution in [2.24, 2.45) is 0 Å². The van der Waals surface area contributed by atoms with Gasteiger partial charge in [-0.15, -0.1) is 0 Å². The molecular weight excluding hydrogens is 230 g/mol. The van der Waals surface area contributed by atoms with Crippen molar-refractivity contribution >= 4 is 17.6 Å². The summed E-state index contributed by atoms with van der Waals surface area (Å²) >= 11 is 2.06. The van der Waals surface area contributed by atoms with Gasteiger partial charge >= 0.3 is 0 Å². The predicted octanol–water partition coefficient (Wildman–Crippen LogP) is 2.45. The Morgan fingerprint density at radius 3 is 3.00 bits per heavy atom. The van der Waals surface area contributed by atoms with Crippen molar-refractivity contribution in [1.82, 2.24) is 9.88 Å². The van der Waals surface area contributed by atoms with Gasteiger partial charge in [-0.3, -0.25) is 4.90 Å². The largest absolute Gasteiger partial charge is 0.370 e. The summed E-state index contributed by atoms with van der Waals surface area (Å²) in [6, 6.07) is 4.30. The number of nitrogens with zero attached hydrogens (tertiary/aromatic N) is 2. The summed E-state index contributed by atoms with van der Waals surface area (Å²) in [5.41, 5.74) is 1.37. The lowest BCUT2D eigenvalue weighted by Gasteiger charge is -2.26. The number of pyridine rings is 1. The highest BCUT2D eigenvalue weighted by Crippen LogP contribution is 2.14. The first-order valence-corrected chi connectivity index (χ1v) is 7.53. The summed E-state index contributed by atoms with van der Waals surface area (Å²) in [5.74, 6) is 3.55. The van der Waals surface area contributed by atoms with Crippen molar-refractivity contribution in [2.75, 3.05) is 36.5 Å². The zero-order valence-electron chi connectivity index (χ0n) is 10.5. The van der Waals surface area contributed by atoms with Gasteiger partial charge in [0.05, 0.1) is 0 Å². The molecule has 1 aromatic heterocycles. The molecule has 0 atom stereocenters. The van der Waals surface area contributed by atoms with E-state index in [-0.39, 0.29) is 0 Å². The monoisotopic (exact) mass is 251 g/mol. The van der Waals surface area contributed by atoms with Crippen molar-refractivity contribution in [3.63, 3.8) is 0 Å². The number of thioether (sulfide) groups is 1. The SMILES string of the molecule is CCCNc1cc(CN2CCSCC2)ccn1. The van der Waals surface area contributed by atoms with Gasteiger partial charge in [-0.05, 0) is 24.1 Å². The highest BCUT2D eigenvalue weighted by molar-refractivity contribution is 7.99. The van der Waals surface area contributed by atoms with E-state index in [0.29, 0.717) is 0 Å². The first kappa shape index (κ1) is 12.7. The highest BCUT2D eigenvalue weighted by atomic mass is 32.2. The summed E-state index contributed by atoms with van der Waals surface area (Å²) in [4.78, 5) is 6.86. The molecule has 0 radical (unpaired) electrons. The molecule has 94 valence electrons. The molecule has 0 aliphatic carbocycles. The van der Waals surface area contributed by atoms with Crippen LogP contribution in [0.2, 0.25) is 0 Å². The fourth-order valence-corrected chi connectivity index (χ4v) is 2.92. The van der Waals surface area contributed by atoms with Gasteiger partial charge in [0.25, 0.3) is 0 Å². The Kier molecular flexibility index (Phi) is 5.13. The summed E-state index contributed by atoms with van der Waals surface area (Å²) in [7, 11) is 0. The van der Waals surface area contributed by atoms with Crippen LogP contribution in [-0.4, -0.2) is 41.0 Å². The van der Waals surface area contributed by atoms with Crippen LogP contribution in [0.25, 0.3) is 0 Å². The lowest BCUT2D eigenvalue weighted by atomic mass is 10.2. The third kappa shape index (κ3) is 4.21. The molecule has 0 unspecified atom stereocenters. The minimum absolute atomic E-state index is 0.997. The molecule has 2 heterocycles. The van der Waals surface area contributed by atoms with Crippen LogP contribution in [0, 0.1) is 0 Å². The van der Waals surface area contributed by atoms with E-state index >= 15 is 0 Å². The van der Waals surface area contributed by atoms with Crippen molar-refractivity contribution in [2.45, 2.75) is 19.9 Å². The van der Waals surface area contributed by atoms with E-state index < -0.39 is 0 Å². The van der Waals surface area contributed by atoms with E-state index in [4.69, 9.17) is 0 Å². The lowest BCUT2D eigenvalue weighted by Crippen LogP contribution is -2.31. The normalized spacial score (nSPS) is 17.0. The quantitative estimate of drug-likeness (QED) is 0.870. The van der Waals surface area contributed by atoms with Crippen molar-refractivity contribution < 1.29 is 0 Å². The number of nitrogens with one attached hydrogen (secondary N) is 1. The van der Waals surface area contributed by atoms with E-state index in [1.165, 1.54) is 30.2 Å². The second-order valence-corrected chi connectivity index (χ2v) is 5.59. The molecule has 3 nitrogen and oxygen atoms in total. The summed E-state index contributed by atoms with van der Waals surface area (Å²) in [6.45, 7) is 6.65. The van der Waals surface area contributed by atoms with Crippen molar-refractivity contribution in [3.8, 4) is 0 Å². The zero-order chi connectivity index (χ0) is 11.9. The first-order valence-electron chi connectivity index (χ1n) is 6.37. The van der Waals surface area contributed by atoms with Crippen LogP contribution in [0.1, 0.15) is 18.9 Å². The molecule has 0 aromatic carbocycles. The number of hydrogen-bond acceptors (Lipinski definition) is 4. The molecule has 17 heavy (non-hydrogen) atoms. The van der Waals surface area contributed by atoms with Gasteiger partial charge < -0.3 is 5.32 Å². The topological polar surface area (TPSA) is 28.2 Å². The van der Waals surface area contributed by atoms with Crippen molar-refractivity contribution in [3.05, 3.63) is 23.9 Å². The Hall–Kier alpha value is -0.740. The van der Waals surface area contributed by atoms with Crippen LogP contribution in [0.3, 0.4) is 0 Å². The van der Waals surface area contributed by atoms with E-state index in [2.05, 4.69) is 46.0 Å². The minimum Gasteiger partial charge on any atom is -0.370 e. The standard InChI is InChI=1S/C13H21N3S/c1-2-4-14-13-10-12(3-5-15-13)11-16-6-8-17-9-7-16/h3,5,10H,2,4,6-9,11H2,1H3,(H,14,15). The maximum atomic E-state index is 4.34. The Bertz CT molecular complexity index is 337. The highest BCUT2D eigenvalue weighted by Gasteiger charge is 2.10. The second-order valence-electron chi connectivity index (χ2n) is 4.36. The third-order valence-corrected chi connectivity index (χ3v) is 3.83. The molecule has 1 aliphatic heterocycles. The molecule has 1 aliphatic rings. The maximum Gasteiger partial charge on any atom is 0.126 e. The fraction of sp³-hybridized carbons (Fsp3) is 0.615. The summed E-state index contributed by atoms with van der Waals surface area (Å²) in [6.07, 6.45) is 3.04. The molecule has 1 N–H and O–H groups in total. The smallest absolute Gasteiger partial charge is 0.126 e. The van der Waals surface area contributed by atoms with E-state index in [9.17, 15) is 0 Å². The Balaban J connectivity index is 1.90. The Morgan fingerprint density at radius 2 is 2.24 bits per heavy atom. The summed E-state index contributed by atoms with van der Waals surface area (Å²) < 4.78 is 0. The Morgan fingerprint density at radius 1 is 1.41 bits per heavy atom. The molecule has 2 rings (SSSR count). The van der Waals surface area contributed by atoms with E-state index in [0.717, 1.165) is 25.3 Å². The molecule has 1 aromatic rings. The molecule has 1 saturated heterocycles. The number of rotatable bonds is 5. The van der Waals surface area contributed by atoms with Gasteiger partial charge in [0.15, 0.2) is 0 Å². The van der Waals surface area contributed by atoms with Crippen LogP contribution in [-0.2, 0) is 6.54 Å².